The summed E-state index contributed by atoms with van der Waals surface area (Å²) in [7, 11) is 0. The highest BCUT2D eigenvalue weighted by atomic mass is 16.5. The molecule has 1 fully saturated rings. The fraction of sp³-hybridized carbons (Fsp3) is 0.545. The molecule has 0 N–H and O–H groups in total. The van der Waals surface area contributed by atoms with E-state index in [4.69, 9.17) is 4.74 Å². The van der Waals surface area contributed by atoms with Gasteiger partial charge >= 0.3 is 5.97 Å². The first kappa shape index (κ1) is 8.54. The predicted octanol–water partition coefficient (Wildman–Crippen LogP) is 2.07. The van der Waals surface area contributed by atoms with E-state index in [0.717, 1.165) is 12.8 Å². The molecule has 0 saturated heterocycles. The second kappa shape index (κ2) is 3.02. The molecule has 0 aliphatic heterocycles. The number of rotatable bonds is 1. The highest BCUT2D eigenvalue weighted by Gasteiger charge is 2.38. The van der Waals surface area contributed by atoms with Crippen molar-refractivity contribution in [3.05, 3.63) is 24.3 Å². The lowest BCUT2D eigenvalue weighted by Crippen LogP contribution is -2.32. The molecular weight excluding hydrogens is 164 g/mol. The van der Waals surface area contributed by atoms with Gasteiger partial charge in [-0.1, -0.05) is 24.3 Å². The average Bonchev–Trinajstić information content (AvgIpc) is 2.32. The van der Waals surface area contributed by atoms with E-state index in [2.05, 4.69) is 18.7 Å². The molecule has 2 unspecified atom stereocenters. The topological polar surface area (TPSA) is 26.3 Å². The maximum absolute atomic E-state index is 10.8. The van der Waals surface area contributed by atoms with Crippen LogP contribution in [0.5, 0.6) is 0 Å². The van der Waals surface area contributed by atoms with Crippen molar-refractivity contribution in [2.24, 2.45) is 11.8 Å². The molecule has 2 rings (SSSR count). The summed E-state index contributed by atoms with van der Waals surface area (Å²) in [4.78, 5) is 10.8. The maximum atomic E-state index is 10.8. The number of allylic oxidation sites excluding steroid dienone is 1. The summed E-state index contributed by atoms with van der Waals surface area (Å²) >= 11 is 0. The van der Waals surface area contributed by atoms with E-state index in [1.54, 1.807) is 0 Å². The van der Waals surface area contributed by atoms with Crippen LogP contribution < -0.4 is 0 Å². The smallest absolute Gasteiger partial charge is 0.302 e. The van der Waals surface area contributed by atoms with E-state index in [-0.39, 0.29) is 12.1 Å². The van der Waals surface area contributed by atoms with E-state index in [0.29, 0.717) is 11.8 Å². The Balaban J connectivity index is 2.08. The normalized spacial score (nSPS) is 36.4. The van der Waals surface area contributed by atoms with Gasteiger partial charge in [0.1, 0.15) is 6.10 Å². The number of esters is 1. The molecule has 2 heteroatoms. The number of hydrogen-bond donors (Lipinski definition) is 0. The van der Waals surface area contributed by atoms with E-state index in [1.807, 2.05) is 0 Å². The SMILES string of the molecule is C=C1CC2C=CC(C1)C2OC(C)=O. The van der Waals surface area contributed by atoms with Gasteiger partial charge in [0.25, 0.3) is 0 Å². The summed E-state index contributed by atoms with van der Waals surface area (Å²) in [5.41, 5.74) is 1.28. The second-order valence-corrected chi connectivity index (χ2v) is 3.94. The molecule has 0 radical (unpaired) electrons. The summed E-state index contributed by atoms with van der Waals surface area (Å²) in [5, 5.41) is 0. The van der Waals surface area contributed by atoms with Crippen LogP contribution in [0.1, 0.15) is 19.8 Å². The average molecular weight is 178 g/mol. The predicted molar refractivity (Wildman–Crippen MR) is 50.0 cm³/mol. The van der Waals surface area contributed by atoms with Crippen molar-refractivity contribution < 1.29 is 9.53 Å². The van der Waals surface area contributed by atoms with Crippen molar-refractivity contribution in [3.63, 3.8) is 0 Å². The lowest BCUT2D eigenvalue weighted by molar-refractivity contribution is -0.150. The molecule has 2 aliphatic carbocycles. The molecule has 1 saturated carbocycles. The third kappa shape index (κ3) is 1.53. The lowest BCUT2D eigenvalue weighted by atomic mass is 9.82. The summed E-state index contributed by atoms with van der Waals surface area (Å²) in [6.07, 6.45) is 6.37. The maximum Gasteiger partial charge on any atom is 0.302 e. The van der Waals surface area contributed by atoms with Gasteiger partial charge in [-0.3, -0.25) is 4.79 Å². The molecule has 0 aromatic heterocycles. The van der Waals surface area contributed by atoms with Gasteiger partial charge in [0, 0.05) is 18.8 Å². The van der Waals surface area contributed by atoms with Crippen LogP contribution in [0.4, 0.5) is 0 Å². The largest absolute Gasteiger partial charge is 0.461 e. The van der Waals surface area contributed by atoms with Gasteiger partial charge in [-0.2, -0.15) is 0 Å². The van der Waals surface area contributed by atoms with Gasteiger partial charge < -0.3 is 4.74 Å². The fourth-order valence-electron chi connectivity index (χ4n) is 2.31. The third-order valence-electron chi connectivity index (χ3n) is 2.80. The standard InChI is InChI=1S/C11H14O2/c1-7-5-9-3-4-10(6-7)11(9)13-8(2)12/h3-4,9-11H,1,5-6H2,2H3. The van der Waals surface area contributed by atoms with Crippen LogP contribution in [0.15, 0.2) is 24.3 Å². The van der Waals surface area contributed by atoms with Gasteiger partial charge in [0.2, 0.25) is 0 Å². The number of ether oxygens (including phenoxy) is 1. The molecule has 0 heterocycles. The number of fused-ring (bicyclic) bond motifs is 2. The number of carbonyl (C=O) groups is 1. The molecule has 2 nitrogen and oxygen atoms in total. The Morgan fingerprint density at radius 3 is 2.46 bits per heavy atom. The summed E-state index contributed by atoms with van der Waals surface area (Å²) < 4.78 is 5.28. The van der Waals surface area contributed by atoms with Crippen molar-refractivity contribution >= 4 is 5.97 Å². The van der Waals surface area contributed by atoms with Crippen molar-refractivity contribution in [1.29, 1.82) is 0 Å². The van der Waals surface area contributed by atoms with E-state index < -0.39 is 0 Å². The van der Waals surface area contributed by atoms with Crippen LogP contribution in [-0.4, -0.2) is 12.1 Å². The highest BCUT2D eigenvalue weighted by Crippen LogP contribution is 2.40. The first-order chi connectivity index (χ1) is 6.16. The number of carbonyl (C=O) groups excluding carboxylic acids is 1. The fourth-order valence-corrected chi connectivity index (χ4v) is 2.31. The monoisotopic (exact) mass is 178 g/mol. The minimum Gasteiger partial charge on any atom is -0.461 e. The van der Waals surface area contributed by atoms with Gasteiger partial charge in [0.15, 0.2) is 0 Å². The lowest BCUT2D eigenvalue weighted by Gasteiger charge is -2.30. The first-order valence-electron chi connectivity index (χ1n) is 4.69. The molecule has 0 amide bonds. The molecule has 13 heavy (non-hydrogen) atoms. The molecule has 0 spiro atoms. The zero-order chi connectivity index (χ0) is 9.42. The van der Waals surface area contributed by atoms with Gasteiger partial charge in [-0.05, 0) is 12.8 Å². The van der Waals surface area contributed by atoms with E-state index in [1.165, 1.54) is 12.5 Å². The van der Waals surface area contributed by atoms with Crippen molar-refractivity contribution in [2.45, 2.75) is 25.9 Å². The Morgan fingerprint density at radius 2 is 2.00 bits per heavy atom. The first-order valence-corrected chi connectivity index (χ1v) is 4.69. The Kier molecular flexibility index (Phi) is 1.98. The van der Waals surface area contributed by atoms with Crippen LogP contribution in [-0.2, 0) is 9.53 Å². The molecule has 0 aromatic carbocycles. The number of hydrogen-bond acceptors (Lipinski definition) is 2. The minimum absolute atomic E-state index is 0.0861. The summed E-state index contributed by atoms with van der Waals surface area (Å²) in [6.45, 7) is 5.46. The van der Waals surface area contributed by atoms with E-state index in [9.17, 15) is 4.79 Å². The van der Waals surface area contributed by atoms with Crippen LogP contribution in [0.25, 0.3) is 0 Å². The van der Waals surface area contributed by atoms with Crippen LogP contribution in [0.3, 0.4) is 0 Å². The van der Waals surface area contributed by atoms with Crippen LogP contribution in [0, 0.1) is 11.8 Å². The van der Waals surface area contributed by atoms with Crippen LogP contribution >= 0.6 is 0 Å². The third-order valence-corrected chi connectivity index (χ3v) is 2.80. The van der Waals surface area contributed by atoms with Crippen molar-refractivity contribution in [1.82, 2.24) is 0 Å². The Labute approximate surface area is 78.3 Å². The molecular formula is C11H14O2. The van der Waals surface area contributed by atoms with Gasteiger partial charge in [-0.25, -0.2) is 0 Å². The summed E-state index contributed by atoms with van der Waals surface area (Å²) in [6, 6.07) is 0. The molecule has 2 aliphatic rings. The Hall–Kier alpha value is -1.05. The van der Waals surface area contributed by atoms with Crippen molar-refractivity contribution in [3.8, 4) is 0 Å². The summed E-state index contributed by atoms with van der Waals surface area (Å²) in [5.74, 6) is 0.599. The Bertz CT molecular complexity index is 260. The van der Waals surface area contributed by atoms with Crippen LogP contribution in [0.2, 0.25) is 0 Å². The molecule has 0 aromatic rings. The molecule has 2 bridgehead atoms. The molecule has 2 atom stereocenters. The van der Waals surface area contributed by atoms with Gasteiger partial charge in [0.05, 0.1) is 0 Å². The quantitative estimate of drug-likeness (QED) is 0.454. The van der Waals surface area contributed by atoms with Gasteiger partial charge in [-0.15, -0.1) is 0 Å². The molecule has 70 valence electrons. The van der Waals surface area contributed by atoms with E-state index >= 15 is 0 Å². The highest BCUT2D eigenvalue weighted by molar-refractivity contribution is 5.66. The zero-order valence-corrected chi connectivity index (χ0v) is 7.82. The minimum atomic E-state index is -0.170. The second-order valence-electron chi connectivity index (χ2n) is 3.94. The van der Waals surface area contributed by atoms with Crippen molar-refractivity contribution in [2.75, 3.05) is 0 Å². The Morgan fingerprint density at radius 1 is 1.46 bits per heavy atom. The zero-order valence-electron chi connectivity index (χ0n) is 7.82.